The van der Waals surface area contributed by atoms with Gasteiger partial charge in [-0.1, -0.05) is 6.08 Å². The summed E-state index contributed by atoms with van der Waals surface area (Å²) >= 11 is 3.29. The van der Waals surface area contributed by atoms with Crippen molar-refractivity contribution in [3.05, 3.63) is 41.2 Å². The van der Waals surface area contributed by atoms with Gasteiger partial charge in [0.25, 0.3) is 0 Å². The summed E-state index contributed by atoms with van der Waals surface area (Å²) in [6.45, 7) is 3.60. The van der Waals surface area contributed by atoms with Gasteiger partial charge in [0.2, 0.25) is 0 Å². The Hall–Kier alpha value is -0.670. The molecule has 0 aromatic carbocycles. The molecule has 1 unspecified atom stereocenters. The number of pyridine rings is 1. The normalized spacial score (nSPS) is 12.5. The van der Waals surface area contributed by atoms with Crippen LogP contribution in [0.4, 0.5) is 0 Å². The third-order valence-corrected chi connectivity index (χ3v) is 2.20. The smallest absolute Gasteiger partial charge is 0.0962 e. The van der Waals surface area contributed by atoms with Crippen LogP contribution in [0.15, 0.2) is 35.5 Å². The number of hydrogen-bond donors (Lipinski definition) is 1. The number of aliphatic hydroxyl groups is 1. The maximum absolute atomic E-state index is 9.62. The molecule has 13 heavy (non-hydrogen) atoms. The van der Waals surface area contributed by atoms with Crippen LogP contribution in [0.2, 0.25) is 0 Å². The number of allylic oxidation sites excluding steroid dienone is 1. The Morgan fingerprint density at radius 1 is 1.62 bits per heavy atom. The maximum atomic E-state index is 9.62. The van der Waals surface area contributed by atoms with E-state index in [0.29, 0.717) is 12.1 Å². The standard InChI is InChI=1S/C10H12BrNO/c1-2-3-4-10(13)9-6-5-8(11)7-12-9/h2,5-7,10,13H,1,3-4H2. The molecule has 1 atom stereocenters. The second kappa shape index (κ2) is 5.14. The molecule has 1 N–H and O–H groups in total. The summed E-state index contributed by atoms with van der Waals surface area (Å²) in [5.41, 5.74) is 0.713. The summed E-state index contributed by atoms with van der Waals surface area (Å²) in [5, 5.41) is 9.62. The number of nitrogens with zero attached hydrogens (tertiary/aromatic N) is 1. The van der Waals surface area contributed by atoms with Gasteiger partial charge in [-0.25, -0.2) is 0 Å². The number of hydrogen-bond acceptors (Lipinski definition) is 2. The molecule has 0 saturated heterocycles. The van der Waals surface area contributed by atoms with Crippen LogP contribution in [-0.4, -0.2) is 10.1 Å². The fourth-order valence-electron chi connectivity index (χ4n) is 1.01. The Morgan fingerprint density at radius 2 is 2.38 bits per heavy atom. The van der Waals surface area contributed by atoms with Crippen LogP contribution in [0.1, 0.15) is 24.6 Å². The van der Waals surface area contributed by atoms with Gasteiger partial charge in [0.05, 0.1) is 11.8 Å². The lowest BCUT2D eigenvalue weighted by Crippen LogP contribution is -1.99. The number of halogens is 1. The molecule has 0 radical (unpaired) electrons. The Balaban J connectivity index is 2.60. The fraction of sp³-hybridized carbons (Fsp3) is 0.300. The largest absolute Gasteiger partial charge is 0.387 e. The monoisotopic (exact) mass is 241 g/mol. The van der Waals surface area contributed by atoms with E-state index in [0.717, 1.165) is 10.9 Å². The Bertz CT molecular complexity index is 271. The molecule has 0 aliphatic rings. The van der Waals surface area contributed by atoms with E-state index in [1.54, 1.807) is 12.3 Å². The highest BCUT2D eigenvalue weighted by Crippen LogP contribution is 2.17. The van der Waals surface area contributed by atoms with E-state index in [1.165, 1.54) is 0 Å². The minimum Gasteiger partial charge on any atom is -0.387 e. The van der Waals surface area contributed by atoms with Crippen LogP contribution >= 0.6 is 15.9 Å². The minimum atomic E-state index is -0.480. The highest BCUT2D eigenvalue weighted by molar-refractivity contribution is 9.10. The van der Waals surface area contributed by atoms with Crippen molar-refractivity contribution >= 4 is 15.9 Å². The van der Waals surface area contributed by atoms with Crippen LogP contribution in [0.25, 0.3) is 0 Å². The summed E-state index contributed by atoms with van der Waals surface area (Å²) < 4.78 is 0.923. The zero-order chi connectivity index (χ0) is 9.68. The molecular formula is C10H12BrNO. The van der Waals surface area contributed by atoms with Crippen molar-refractivity contribution in [2.45, 2.75) is 18.9 Å². The molecule has 3 heteroatoms. The Kier molecular flexibility index (Phi) is 4.12. The van der Waals surface area contributed by atoms with Gasteiger partial charge in [-0.3, -0.25) is 4.98 Å². The van der Waals surface area contributed by atoms with Crippen LogP contribution in [-0.2, 0) is 0 Å². The molecule has 1 rings (SSSR count). The van der Waals surface area contributed by atoms with E-state index in [9.17, 15) is 5.11 Å². The predicted octanol–water partition coefficient (Wildman–Crippen LogP) is 2.84. The van der Waals surface area contributed by atoms with Gasteiger partial charge in [-0.2, -0.15) is 0 Å². The fourth-order valence-corrected chi connectivity index (χ4v) is 1.24. The van der Waals surface area contributed by atoms with Gasteiger partial charge in [0.1, 0.15) is 0 Å². The predicted molar refractivity (Wildman–Crippen MR) is 56.3 cm³/mol. The van der Waals surface area contributed by atoms with Gasteiger partial charge in [0.15, 0.2) is 0 Å². The lowest BCUT2D eigenvalue weighted by Gasteiger charge is -2.07. The van der Waals surface area contributed by atoms with Crippen LogP contribution < -0.4 is 0 Å². The molecule has 0 aliphatic carbocycles. The van der Waals surface area contributed by atoms with Crippen LogP contribution in [0.5, 0.6) is 0 Å². The average molecular weight is 242 g/mol. The highest BCUT2D eigenvalue weighted by atomic mass is 79.9. The summed E-state index contributed by atoms with van der Waals surface area (Å²) in [6.07, 6.45) is 4.48. The lowest BCUT2D eigenvalue weighted by molar-refractivity contribution is 0.164. The van der Waals surface area contributed by atoms with Crippen molar-refractivity contribution in [1.29, 1.82) is 0 Å². The van der Waals surface area contributed by atoms with Crippen molar-refractivity contribution < 1.29 is 5.11 Å². The molecule has 0 aliphatic heterocycles. The second-order valence-corrected chi connectivity index (χ2v) is 3.70. The molecule has 1 heterocycles. The van der Waals surface area contributed by atoms with Crippen LogP contribution in [0.3, 0.4) is 0 Å². The first kappa shape index (κ1) is 10.4. The van der Waals surface area contributed by atoms with Crippen molar-refractivity contribution in [2.75, 3.05) is 0 Å². The van der Waals surface area contributed by atoms with Gasteiger partial charge in [-0.15, -0.1) is 6.58 Å². The van der Waals surface area contributed by atoms with Crippen molar-refractivity contribution in [3.63, 3.8) is 0 Å². The summed E-state index contributed by atoms with van der Waals surface area (Å²) in [6, 6.07) is 3.69. The van der Waals surface area contributed by atoms with E-state index in [1.807, 2.05) is 12.1 Å². The van der Waals surface area contributed by atoms with Gasteiger partial charge >= 0.3 is 0 Å². The van der Waals surface area contributed by atoms with E-state index in [2.05, 4.69) is 27.5 Å². The molecule has 0 fully saturated rings. The van der Waals surface area contributed by atoms with Crippen molar-refractivity contribution in [2.24, 2.45) is 0 Å². The van der Waals surface area contributed by atoms with E-state index in [4.69, 9.17) is 0 Å². The van der Waals surface area contributed by atoms with Gasteiger partial charge in [0, 0.05) is 10.7 Å². The molecule has 2 nitrogen and oxygen atoms in total. The first-order valence-electron chi connectivity index (χ1n) is 4.14. The lowest BCUT2D eigenvalue weighted by atomic mass is 10.1. The topological polar surface area (TPSA) is 33.1 Å². The van der Waals surface area contributed by atoms with Crippen molar-refractivity contribution in [1.82, 2.24) is 4.98 Å². The Labute approximate surface area is 86.4 Å². The zero-order valence-corrected chi connectivity index (χ0v) is 8.87. The third-order valence-electron chi connectivity index (χ3n) is 1.74. The van der Waals surface area contributed by atoms with E-state index < -0.39 is 6.10 Å². The highest BCUT2D eigenvalue weighted by Gasteiger charge is 2.06. The summed E-state index contributed by atoms with van der Waals surface area (Å²) in [5.74, 6) is 0. The SMILES string of the molecule is C=CCCC(O)c1ccc(Br)cn1. The molecule has 0 spiro atoms. The molecule has 0 saturated carbocycles. The molecule has 1 aromatic rings. The summed E-state index contributed by atoms with van der Waals surface area (Å²) in [7, 11) is 0. The first-order valence-corrected chi connectivity index (χ1v) is 4.93. The zero-order valence-electron chi connectivity index (χ0n) is 7.28. The second-order valence-electron chi connectivity index (χ2n) is 2.78. The van der Waals surface area contributed by atoms with Crippen LogP contribution in [0, 0.1) is 0 Å². The quantitative estimate of drug-likeness (QED) is 0.823. The Morgan fingerprint density at radius 3 is 2.92 bits per heavy atom. The maximum Gasteiger partial charge on any atom is 0.0962 e. The van der Waals surface area contributed by atoms with E-state index in [-0.39, 0.29) is 0 Å². The molecule has 0 amide bonds. The molecule has 70 valence electrons. The minimum absolute atomic E-state index is 0.480. The van der Waals surface area contributed by atoms with Crippen molar-refractivity contribution in [3.8, 4) is 0 Å². The number of aliphatic hydroxyl groups excluding tert-OH is 1. The third kappa shape index (κ3) is 3.28. The molecule has 0 bridgehead atoms. The number of aromatic nitrogens is 1. The van der Waals surface area contributed by atoms with E-state index >= 15 is 0 Å². The molecule has 1 aromatic heterocycles. The average Bonchev–Trinajstić information content (AvgIpc) is 2.15. The van der Waals surface area contributed by atoms with Gasteiger partial charge < -0.3 is 5.11 Å². The first-order chi connectivity index (χ1) is 6.24. The molecular weight excluding hydrogens is 230 g/mol. The summed E-state index contributed by atoms with van der Waals surface area (Å²) in [4.78, 5) is 4.10. The van der Waals surface area contributed by atoms with Gasteiger partial charge in [-0.05, 0) is 40.9 Å². The number of rotatable bonds is 4.